The molecule has 0 saturated carbocycles. The lowest BCUT2D eigenvalue weighted by Gasteiger charge is -2.17. The third-order valence-corrected chi connectivity index (χ3v) is 5.01. The van der Waals surface area contributed by atoms with Crippen LogP contribution in [-0.2, 0) is 4.79 Å². The van der Waals surface area contributed by atoms with Crippen LogP contribution >= 0.6 is 0 Å². The summed E-state index contributed by atoms with van der Waals surface area (Å²) in [7, 11) is 0. The molecule has 3 aromatic carbocycles. The van der Waals surface area contributed by atoms with Crippen LogP contribution in [0.15, 0.2) is 60.7 Å². The van der Waals surface area contributed by atoms with Crippen LogP contribution in [0.4, 0.5) is 10.5 Å². The molecule has 0 aliphatic carbocycles. The maximum Gasteiger partial charge on any atom is 0.328 e. The van der Waals surface area contributed by atoms with E-state index < -0.39 is 30.5 Å². The molecule has 188 valence electrons. The van der Waals surface area contributed by atoms with E-state index in [0.29, 0.717) is 5.69 Å². The van der Waals surface area contributed by atoms with Gasteiger partial charge in [0.2, 0.25) is 0 Å². The number of carboxylic acid groups (broad SMARTS) is 1. The predicted octanol–water partition coefficient (Wildman–Crippen LogP) is 1.41. The van der Waals surface area contributed by atoms with Crippen molar-refractivity contribution in [1.82, 2.24) is 16.0 Å². The number of carbonyl (C=O) groups excluding carboxylic acids is 2. The summed E-state index contributed by atoms with van der Waals surface area (Å²) in [5.74, 6) is -2.38. The standard InChI is InChI=1S/C24H26N6O6/c25-23(26)27-10-11-36-15-8-9-17(20(31)12-15)21(32)28-13-19(22(33)34)30-24(35)29-18-7-3-5-14-4-1-2-6-16(14)18/h1-9,12,19,31H,10-11,13H2,(H,28,32)(H,33,34)(H4,25,26,27)(H2,29,30,35)/t19-/m0/s1. The van der Waals surface area contributed by atoms with E-state index >= 15 is 0 Å². The number of carbonyl (C=O) groups is 3. The number of carboxylic acids is 1. The van der Waals surface area contributed by atoms with Gasteiger partial charge in [0.1, 0.15) is 24.1 Å². The topological polar surface area (TPSA) is 199 Å². The zero-order valence-electron chi connectivity index (χ0n) is 19.1. The van der Waals surface area contributed by atoms with E-state index in [1.54, 1.807) is 12.1 Å². The number of nitrogens with two attached hydrogens (primary N) is 1. The first kappa shape index (κ1) is 25.6. The largest absolute Gasteiger partial charge is 0.507 e. The highest BCUT2D eigenvalue weighted by Gasteiger charge is 2.22. The van der Waals surface area contributed by atoms with Crippen molar-refractivity contribution in [3.63, 3.8) is 0 Å². The summed E-state index contributed by atoms with van der Waals surface area (Å²) >= 11 is 0. The molecule has 12 heteroatoms. The molecule has 0 bridgehead atoms. The fraction of sp³-hybridized carbons (Fsp3) is 0.167. The van der Waals surface area contributed by atoms with E-state index in [0.717, 1.165) is 10.8 Å². The normalized spacial score (nSPS) is 11.2. The third kappa shape index (κ3) is 7.00. The molecular weight excluding hydrogens is 468 g/mol. The number of guanidine groups is 1. The van der Waals surface area contributed by atoms with Gasteiger partial charge in [-0.2, -0.15) is 0 Å². The molecule has 0 aromatic heterocycles. The van der Waals surface area contributed by atoms with Crippen molar-refractivity contribution >= 4 is 40.3 Å². The lowest BCUT2D eigenvalue weighted by atomic mass is 10.1. The van der Waals surface area contributed by atoms with E-state index in [1.165, 1.54) is 18.2 Å². The molecule has 3 rings (SSSR count). The highest BCUT2D eigenvalue weighted by atomic mass is 16.5. The van der Waals surface area contributed by atoms with Crippen molar-refractivity contribution in [2.75, 3.05) is 25.0 Å². The molecule has 0 spiro atoms. The van der Waals surface area contributed by atoms with Gasteiger partial charge in [0, 0.05) is 18.0 Å². The average molecular weight is 495 g/mol. The van der Waals surface area contributed by atoms with Gasteiger partial charge in [0.05, 0.1) is 17.8 Å². The second-order valence-corrected chi connectivity index (χ2v) is 7.59. The Bertz CT molecular complexity index is 1280. The summed E-state index contributed by atoms with van der Waals surface area (Å²) < 4.78 is 5.38. The highest BCUT2D eigenvalue weighted by Crippen LogP contribution is 2.24. The van der Waals surface area contributed by atoms with Crippen LogP contribution in [0.5, 0.6) is 11.5 Å². The Kier molecular flexibility index (Phi) is 8.49. The number of hydrogen-bond donors (Lipinski definition) is 8. The SMILES string of the molecule is N=C(N)NCCOc1ccc(C(=O)NC[C@H](NC(=O)Nc2cccc3ccccc23)C(=O)O)c(O)c1. The van der Waals surface area contributed by atoms with Crippen LogP contribution in [0.25, 0.3) is 10.8 Å². The van der Waals surface area contributed by atoms with Crippen LogP contribution in [0.1, 0.15) is 10.4 Å². The number of benzene rings is 3. The van der Waals surface area contributed by atoms with Crippen molar-refractivity contribution < 1.29 is 29.3 Å². The number of hydrogen-bond acceptors (Lipinski definition) is 6. The van der Waals surface area contributed by atoms with E-state index in [2.05, 4.69) is 21.3 Å². The average Bonchev–Trinajstić information content (AvgIpc) is 2.84. The summed E-state index contributed by atoms with van der Waals surface area (Å²) in [6, 6.07) is 14.5. The van der Waals surface area contributed by atoms with Crippen molar-refractivity contribution in [3.8, 4) is 11.5 Å². The zero-order valence-corrected chi connectivity index (χ0v) is 19.1. The first-order valence-corrected chi connectivity index (χ1v) is 10.8. The Morgan fingerprint density at radius 2 is 1.78 bits per heavy atom. The molecule has 1 atom stereocenters. The number of phenolic OH excluding ortho intramolecular Hbond substituents is 1. The van der Waals surface area contributed by atoms with Crippen LogP contribution in [-0.4, -0.2) is 59.8 Å². The lowest BCUT2D eigenvalue weighted by Crippen LogP contribution is -2.49. The molecule has 0 unspecified atom stereocenters. The fourth-order valence-electron chi connectivity index (χ4n) is 3.29. The number of fused-ring (bicyclic) bond motifs is 1. The minimum Gasteiger partial charge on any atom is -0.507 e. The molecule has 0 saturated heterocycles. The monoisotopic (exact) mass is 494 g/mol. The van der Waals surface area contributed by atoms with Gasteiger partial charge in [0.15, 0.2) is 5.96 Å². The Morgan fingerprint density at radius 3 is 2.50 bits per heavy atom. The minimum atomic E-state index is -1.43. The first-order valence-electron chi connectivity index (χ1n) is 10.8. The number of anilines is 1. The molecular formula is C24H26N6O6. The molecule has 0 radical (unpaired) electrons. The summed E-state index contributed by atoms with van der Waals surface area (Å²) in [5, 5.41) is 38.3. The first-order chi connectivity index (χ1) is 17.2. The number of nitrogens with one attached hydrogen (secondary N) is 5. The van der Waals surface area contributed by atoms with Gasteiger partial charge in [0.25, 0.3) is 5.91 Å². The van der Waals surface area contributed by atoms with Crippen molar-refractivity contribution in [2.24, 2.45) is 5.73 Å². The molecule has 0 aliphatic rings. The van der Waals surface area contributed by atoms with Crippen LogP contribution < -0.4 is 31.7 Å². The molecule has 0 fully saturated rings. The molecule has 9 N–H and O–H groups in total. The smallest absolute Gasteiger partial charge is 0.328 e. The number of phenols is 1. The Labute approximate surface area is 206 Å². The number of rotatable bonds is 10. The molecule has 3 aromatic rings. The Hall–Kier alpha value is -5.00. The van der Waals surface area contributed by atoms with Crippen molar-refractivity contribution in [2.45, 2.75) is 6.04 Å². The number of aromatic hydroxyl groups is 1. The van der Waals surface area contributed by atoms with Crippen LogP contribution in [0.3, 0.4) is 0 Å². The second-order valence-electron chi connectivity index (χ2n) is 7.59. The summed E-state index contributed by atoms with van der Waals surface area (Å²) in [6.45, 7) is 0.0128. The van der Waals surface area contributed by atoms with E-state index in [-0.39, 0.29) is 36.2 Å². The number of amides is 3. The van der Waals surface area contributed by atoms with Gasteiger partial charge < -0.3 is 42.0 Å². The van der Waals surface area contributed by atoms with Gasteiger partial charge in [-0.15, -0.1) is 0 Å². The van der Waals surface area contributed by atoms with E-state index in [9.17, 15) is 24.6 Å². The molecule has 0 heterocycles. The highest BCUT2D eigenvalue weighted by molar-refractivity contribution is 6.02. The molecule has 0 aliphatic heterocycles. The number of urea groups is 1. The zero-order chi connectivity index (χ0) is 26.1. The van der Waals surface area contributed by atoms with Crippen LogP contribution in [0, 0.1) is 5.41 Å². The van der Waals surface area contributed by atoms with Gasteiger partial charge in [-0.3, -0.25) is 10.2 Å². The Balaban J connectivity index is 1.56. The molecule has 36 heavy (non-hydrogen) atoms. The van der Waals surface area contributed by atoms with E-state index in [4.69, 9.17) is 15.9 Å². The van der Waals surface area contributed by atoms with Crippen molar-refractivity contribution in [1.29, 1.82) is 5.41 Å². The fourth-order valence-corrected chi connectivity index (χ4v) is 3.29. The predicted molar refractivity (Wildman–Crippen MR) is 133 cm³/mol. The maximum atomic E-state index is 12.5. The van der Waals surface area contributed by atoms with Gasteiger partial charge in [-0.1, -0.05) is 36.4 Å². The van der Waals surface area contributed by atoms with Gasteiger partial charge >= 0.3 is 12.0 Å². The lowest BCUT2D eigenvalue weighted by molar-refractivity contribution is -0.138. The second kappa shape index (κ2) is 11.9. The van der Waals surface area contributed by atoms with Crippen molar-refractivity contribution in [3.05, 3.63) is 66.2 Å². The summed E-state index contributed by atoms with van der Waals surface area (Å²) in [4.78, 5) is 36.6. The van der Waals surface area contributed by atoms with E-state index in [1.807, 2.05) is 30.3 Å². The number of ether oxygens (including phenoxy) is 1. The summed E-state index contributed by atoms with van der Waals surface area (Å²) in [6.07, 6.45) is 0. The minimum absolute atomic E-state index is 0.103. The summed E-state index contributed by atoms with van der Waals surface area (Å²) in [5.41, 5.74) is 5.57. The molecule has 12 nitrogen and oxygen atoms in total. The van der Waals surface area contributed by atoms with Gasteiger partial charge in [-0.05, 0) is 23.6 Å². The van der Waals surface area contributed by atoms with Crippen LogP contribution in [0.2, 0.25) is 0 Å². The maximum absolute atomic E-state index is 12.5. The number of aliphatic carboxylic acids is 1. The Morgan fingerprint density at radius 1 is 1.03 bits per heavy atom. The third-order valence-electron chi connectivity index (χ3n) is 5.01. The quantitative estimate of drug-likeness (QED) is 0.117. The molecule has 3 amide bonds. The van der Waals surface area contributed by atoms with Gasteiger partial charge in [-0.25, -0.2) is 9.59 Å².